The van der Waals surface area contributed by atoms with Gasteiger partial charge in [-0.15, -0.1) is 0 Å². The number of carbonyl (C=O) groups excluding carboxylic acids is 1. The first-order chi connectivity index (χ1) is 8.15. The zero-order chi connectivity index (χ0) is 12.4. The number of rotatable bonds is 4. The van der Waals surface area contributed by atoms with E-state index in [1.54, 1.807) is 25.2 Å². The van der Waals surface area contributed by atoms with E-state index in [1.807, 2.05) is 0 Å². The van der Waals surface area contributed by atoms with Crippen LogP contribution in [0, 0.1) is 0 Å². The molecule has 6 heteroatoms. The molecule has 1 aliphatic rings. The van der Waals surface area contributed by atoms with Crippen molar-refractivity contribution in [1.29, 1.82) is 0 Å². The molecule has 0 saturated heterocycles. The molecule has 0 radical (unpaired) electrons. The lowest BCUT2D eigenvalue weighted by molar-refractivity contribution is -0.112. The fourth-order valence-electron chi connectivity index (χ4n) is 1.81. The van der Waals surface area contributed by atoms with Gasteiger partial charge in [-0.05, 0) is 11.6 Å². The second-order valence-corrected chi connectivity index (χ2v) is 4.14. The third kappa shape index (κ3) is 2.41. The van der Waals surface area contributed by atoms with Gasteiger partial charge in [-0.2, -0.15) is 0 Å². The number of halogens is 1. The Balaban J connectivity index is 2.14. The summed E-state index contributed by atoms with van der Waals surface area (Å²) >= 11 is 5.79. The summed E-state index contributed by atoms with van der Waals surface area (Å²) in [5, 5.41) is 0.397. The molecule has 1 aromatic rings. The Hall–Kier alpha value is -1.17. The number of ether oxygens (including phenoxy) is 2. The van der Waals surface area contributed by atoms with E-state index < -0.39 is 6.29 Å². The van der Waals surface area contributed by atoms with Crippen molar-refractivity contribution in [2.45, 2.75) is 12.8 Å². The van der Waals surface area contributed by atoms with Gasteiger partial charge in [-0.1, -0.05) is 11.6 Å². The molecule has 0 aromatic carbocycles. The zero-order valence-electron chi connectivity index (χ0n) is 9.64. The highest BCUT2D eigenvalue weighted by molar-refractivity contribution is 6.29. The van der Waals surface area contributed by atoms with E-state index in [-0.39, 0.29) is 5.91 Å². The minimum absolute atomic E-state index is 0.0664. The molecule has 2 rings (SSSR count). The van der Waals surface area contributed by atoms with Crippen LogP contribution >= 0.6 is 11.6 Å². The smallest absolute Gasteiger partial charge is 0.256 e. The Labute approximate surface area is 104 Å². The molecule has 0 spiro atoms. The number of aromatic nitrogens is 1. The molecule has 0 aliphatic carbocycles. The molecule has 0 saturated carbocycles. The number of pyridine rings is 1. The number of hydrogen-bond acceptors (Lipinski definition) is 4. The number of amides is 1. The van der Waals surface area contributed by atoms with E-state index in [0.717, 1.165) is 5.56 Å². The minimum Gasteiger partial charge on any atom is -0.354 e. The largest absolute Gasteiger partial charge is 0.354 e. The van der Waals surface area contributed by atoms with Gasteiger partial charge in [0.15, 0.2) is 6.29 Å². The third-order valence-corrected chi connectivity index (χ3v) is 2.94. The summed E-state index contributed by atoms with van der Waals surface area (Å²) in [7, 11) is 3.08. The predicted molar refractivity (Wildman–Crippen MR) is 61.8 cm³/mol. The lowest BCUT2D eigenvalue weighted by Crippen LogP contribution is -2.34. The van der Waals surface area contributed by atoms with Crippen molar-refractivity contribution in [3.8, 4) is 0 Å². The molecule has 92 valence electrons. The summed E-state index contributed by atoms with van der Waals surface area (Å²) in [5.74, 6) is -0.0664. The van der Waals surface area contributed by atoms with Gasteiger partial charge in [0.25, 0.3) is 5.91 Å². The summed E-state index contributed by atoms with van der Waals surface area (Å²) in [4.78, 5) is 17.6. The van der Waals surface area contributed by atoms with Crippen molar-refractivity contribution < 1.29 is 14.3 Å². The highest BCUT2D eigenvalue weighted by atomic mass is 35.5. The Morgan fingerprint density at radius 3 is 2.88 bits per heavy atom. The van der Waals surface area contributed by atoms with E-state index in [1.165, 1.54) is 6.20 Å². The van der Waals surface area contributed by atoms with Crippen LogP contribution in [0.1, 0.15) is 15.9 Å². The molecule has 0 fully saturated rings. The SMILES string of the molecule is COC(CN1Cc2cc(Cl)ncc2C1=O)OC. The molecule has 0 bridgehead atoms. The van der Waals surface area contributed by atoms with Gasteiger partial charge in [0, 0.05) is 27.0 Å². The van der Waals surface area contributed by atoms with E-state index in [9.17, 15) is 4.79 Å². The average Bonchev–Trinajstić information content (AvgIpc) is 2.62. The van der Waals surface area contributed by atoms with Crippen LogP contribution in [0.2, 0.25) is 5.15 Å². The van der Waals surface area contributed by atoms with Gasteiger partial charge in [0.1, 0.15) is 5.15 Å². The van der Waals surface area contributed by atoms with Gasteiger partial charge < -0.3 is 14.4 Å². The molecule has 0 atom stereocenters. The monoisotopic (exact) mass is 256 g/mol. The first-order valence-corrected chi connectivity index (χ1v) is 5.52. The Bertz CT molecular complexity index is 435. The van der Waals surface area contributed by atoms with Crippen molar-refractivity contribution >= 4 is 17.5 Å². The number of fused-ring (bicyclic) bond motifs is 1. The van der Waals surface area contributed by atoms with Crippen molar-refractivity contribution in [1.82, 2.24) is 9.88 Å². The van der Waals surface area contributed by atoms with Crippen LogP contribution in [-0.2, 0) is 16.0 Å². The van der Waals surface area contributed by atoms with E-state index in [0.29, 0.717) is 23.8 Å². The predicted octanol–water partition coefficient (Wildman–Crippen LogP) is 1.31. The molecule has 17 heavy (non-hydrogen) atoms. The summed E-state index contributed by atoms with van der Waals surface area (Å²) in [6.07, 6.45) is 1.09. The lowest BCUT2D eigenvalue weighted by atomic mass is 10.2. The molecule has 2 heterocycles. The topological polar surface area (TPSA) is 51.7 Å². The second kappa shape index (κ2) is 5.00. The quantitative estimate of drug-likeness (QED) is 0.602. The van der Waals surface area contributed by atoms with Gasteiger partial charge in [0.2, 0.25) is 0 Å². The van der Waals surface area contributed by atoms with Crippen molar-refractivity contribution in [3.63, 3.8) is 0 Å². The van der Waals surface area contributed by atoms with E-state index >= 15 is 0 Å². The molecule has 1 aromatic heterocycles. The van der Waals surface area contributed by atoms with Crippen molar-refractivity contribution in [2.24, 2.45) is 0 Å². The van der Waals surface area contributed by atoms with Crippen LogP contribution in [0.3, 0.4) is 0 Å². The van der Waals surface area contributed by atoms with Crippen LogP contribution in [-0.4, -0.2) is 42.8 Å². The summed E-state index contributed by atoms with van der Waals surface area (Å²) in [6.45, 7) is 0.901. The van der Waals surface area contributed by atoms with Crippen LogP contribution in [0.5, 0.6) is 0 Å². The van der Waals surface area contributed by atoms with Crippen LogP contribution in [0.4, 0.5) is 0 Å². The maximum atomic E-state index is 12.0. The van der Waals surface area contributed by atoms with Crippen LogP contribution in [0.25, 0.3) is 0 Å². The number of hydrogen-bond donors (Lipinski definition) is 0. The first-order valence-electron chi connectivity index (χ1n) is 5.15. The minimum atomic E-state index is -0.420. The Morgan fingerprint density at radius 2 is 2.24 bits per heavy atom. The summed E-state index contributed by atoms with van der Waals surface area (Å²) in [6, 6.07) is 1.71. The van der Waals surface area contributed by atoms with E-state index in [2.05, 4.69) is 4.98 Å². The maximum absolute atomic E-state index is 12.0. The Morgan fingerprint density at radius 1 is 1.53 bits per heavy atom. The van der Waals surface area contributed by atoms with E-state index in [4.69, 9.17) is 21.1 Å². The van der Waals surface area contributed by atoms with Gasteiger partial charge in [-0.3, -0.25) is 4.79 Å². The normalized spacial score (nSPS) is 14.6. The molecule has 0 unspecified atom stereocenters. The molecule has 1 amide bonds. The van der Waals surface area contributed by atoms with Gasteiger partial charge >= 0.3 is 0 Å². The van der Waals surface area contributed by atoms with Gasteiger partial charge in [-0.25, -0.2) is 4.98 Å². The first kappa shape index (κ1) is 12.3. The van der Waals surface area contributed by atoms with Crippen molar-refractivity contribution in [3.05, 3.63) is 28.5 Å². The maximum Gasteiger partial charge on any atom is 0.256 e. The molecular formula is C11H13ClN2O3. The molecular weight excluding hydrogens is 244 g/mol. The number of carbonyl (C=O) groups is 1. The third-order valence-electron chi connectivity index (χ3n) is 2.73. The Kier molecular flexibility index (Phi) is 3.61. The average molecular weight is 257 g/mol. The highest BCUT2D eigenvalue weighted by Gasteiger charge is 2.29. The zero-order valence-corrected chi connectivity index (χ0v) is 10.4. The number of nitrogens with zero attached hydrogens (tertiary/aromatic N) is 2. The standard InChI is InChI=1S/C11H13ClN2O3/c1-16-10(17-2)6-14-5-7-3-9(12)13-4-8(7)11(14)15/h3-4,10H,5-6H2,1-2H3. The molecule has 1 aliphatic heterocycles. The highest BCUT2D eigenvalue weighted by Crippen LogP contribution is 2.24. The van der Waals surface area contributed by atoms with Crippen molar-refractivity contribution in [2.75, 3.05) is 20.8 Å². The number of methoxy groups -OCH3 is 2. The summed E-state index contributed by atoms with van der Waals surface area (Å²) < 4.78 is 10.1. The fourth-order valence-corrected chi connectivity index (χ4v) is 1.99. The van der Waals surface area contributed by atoms with Crippen LogP contribution in [0.15, 0.2) is 12.3 Å². The molecule has 5 nitrogen and oxygen atoms in total. The molecule has 0 N–H and O–H groups in total. The fraction of sp³-hybridized carbons (Fsp3) is 0.455. The van der Waals surface area contributed by atoms with Gasteiger partial charge in [0.05, 0.1) is 12.1 Å². The lowest BCUT2D eigenvalue weighted by Gasteiger charge is -2.21. The second-order valence-electron chi connectivity index (χ2n) is 3.75. The van der Waals surface area contributed by atoms with Crippen LogP contribution < -0.4 is 0 Å². The summed E-state index contributed by atoms with van der Waals surface area (Å²) in [5.41, 5.74) is 1.49.